The Morgan fingerprint density at radius 1 is 1.00 bits per heavy atom. The van der Waals surface area contributed by atoms with E-state index in [9.17, 15) is 19.5 Å². The van der Waals surface area contributed by atoms with Crippen molar-refractivity contribution in [1.29, 1.82) is 0 Å². The Labute approximate surface area is 259 Å². The molecule has 2 heterocycles. The summed E-state index contributed by atoms with van der Waals surface area (Å²) in [5.74, 6) is -0.550. The van der Waals surface area contributed by atoms with E-state index in [1.165, 1.54) is 0 Å². The van der Waals surface area contributed by atoms with E-state index in [1.54, 1.807) is 48.3 Å². The summed E-state index contributed by atoms with van der Waals surface area (Å²) in [6.45, 7) is 5.50. The van der Waals surface area contributed by atoms with Crippen molar-refractivity contribution in [3.8, 4) is 0 Å². The molecule has 1 saturated heterocycles. The van der Waals surface area contributed by atoms with Gasteiger partial charge in [-0.25, -0.2) is 5.01 Å². The van der Waals surface area contributed by atoms with Gasteiger partial charge in [0.25, 0.3) is 17.7 Å². The maximum Gasteiger partial charge on any atom is 0.257 e. The number of benzene rings is 2. The Morgan fingerprint density at radius 2 is 1.75 bits per heavy atom. The molecule has 1 aliphatic rings. The molecular formula is C34H44N6O4. The van der Waals surface area contributed by atoms with Crippen LogP contribution in [-0.2, 0) is 17.8 Å². The highest BCUT2D eigenvalue weighted by Gasteiger charge is 2.35. The van der Waals surface area contributed by atoms with Crippen LogP contribution >= 0.6 is 0 Å². The average molecular weight is 601 g/mol. The van der Waals surface area contributed by atoms with Gasteiger partial charge in [0.2, 0.25) is 0 Å². The molecule has 1 aromatic heterocycles. The van der Waals surface area contributed by atoms with Crippen molar-refractivity contribution in [3.63, 3.8) is 0 Å². The normalized spacial score (nSPS) is 16.2. The van der Waals surface area contributed by atoms with E-state index in [0.717, 1.165) is 23.1 Å². The van der Waals surface area contributed by atoms with Crippen LogP contribution in [0.2, 0.25) is 0 Å². The SMILES string of the molecule is CC(C)c1cncc(CNC[C@@H](O)[C@H](Cc2ccccc2)NC(=O)c2cccc(C(=O)N3CCCC3C(=O)NN(C)C)c2)c1. The predicted molar refractivity (Wildman–Crippen MR) is 170 cm³/mol. The first-order valence-corrected chi connectivity index (χ1v) is 15.2. The maximum atomic E-state index is 13.5. The molecule has 0 aliphatic carbocycles. The fourth-order valence-electron chi connectivity index (χ4n) is 5.37. The quantitative estimate of drug-likeness (QED) is 0.222. The molecule has 10 nitrogen and oxygen atoms in total. The molecule has 3 amide bonds. The van der Waals surface area contributed by atoms with E-state index in [4.69, 9.17) is 0 Å². The van der Waals surface area contributed by atoms with Crippen LogP contribution in [0.15, 0.2) is 73.1 Å². The minimum absolute atomic E-state index is 0.231. The summed E-state index contributed by atoms with van der Waals surface area (Å²) in [7, 11) is 3.45. The number of hydrogen-bond acceptors (Lipinski definition) is 7. The number of aliphatic hydroxyl groups excluding tert-OH is 1. The fraction of sp³-hybridized carbons (Fsp3) is 0.412. The molecule has 4 N–H and O–H groups in total. The number of amides is 3. The van der Waals surface area contributed by atoms with Crippen molar-refractivity contribution in [2.45, 2.75) is 63.8 Å². The van der Waals surface area contributed by atoms with Crippen molar-refractivity contribution in [2.75, 3.05) is 27.2 Å². The van der Waals surface area contributed by atoms with Gasteiger partial charge in [0, 0.05) is 57.3 Å². The highest BCUT2D eigenvalue weighted by Crippen LogP contribution is 2.21. The number of pyridine rings is 1. The zero-order chi connectivity index (χ0) is 31.6. The zero-order valence-electron chi connectivity index (χ0n) is 26.0. The second kappa shape index (κ2) is 15.6. The van der Waals surface area contributed by atoms with Crippen molar-refractivity contribution < 1.29 is 19.5 Å². The number of carbonyl (C=O) groups excluding carboxylic acids is 3. The van der Waals surface area contributed by atoms with Crippen LogP contribution in [0, 0.1) is 0 Å². The first-order chi connectivity index (χ1) is 21.1. The summed E-state index contributed by atoms with van der Waals surface area (Å²) >= 11 is 0. The average Bonchev–Trinajstić information content (AvgIpc) is 3.51. The number of nitrogens with zero attached hydrogens (tertiary/aromatic N) is 3. The lowest BCUT2D eigenvalue weighted by Crippen LogP contribution is -2.49. The minimum atomic E-state index is -0.884. The van der Waals surface area contributed by atoms with Crippen LogP contribution in [-0.4, -0.2) is 83.1 Å². The molecule has 4 rings (SSSR count). The van der Waals surface area contributed by atoms with Crippen LogP contribution in [0.1, 0.15) is 70.0 Å². The van der Waals surface area contributed by atoms with E-state index in [2.05, 4.69) is 41.0 Å². The van der Waals surface area contributed by atoms with Gasteiger partial charge in [0.1, 0.15) is 6.04 Å². The van der Waals surface area contributed by atoms with Gasteiger partial charge in [0.15, 0.2) is 0 Å². The van der Waals surface area contributed by atoms with E-state index in [0.29, 0.717) is 43.0 Å². The monoisotopic (exact) mass is 600 g/mol. The number of nitrogens with one attached hydrogen (secondary N) is 3. The van der Waals surface area contributed by atoms with Crippen molar-refractivity contribution in [2.24, 2.45) is 0 Å². The van der Waals surface area contributed by atoms with E-state index >= 15 is 0 Å². The van der Waals surface area contributed by atoms with Gasteiger partial charge in [-0.1, -0.05) is 56.3 Å². The standard InChI is InChI=1S/C34H44N6O4/c1-23(2)28-16-25(19-35-21-28)20-36-22-31(41)29(17-24-10-6-5-7-11-24)37-32(42)26-12-8-13-27(18-26)34(44)40-15-9-14-30(40)33(43)38-39(3)4/h5-8,10-13,16,18-19,21,23,29-31,36,41H,9,14-15,17,20,22H2,1-4H3,(H,37,42)(H,38,43)/t29-,30?,31+/m0/s1. The predicted octanol–water partition coefficient (Wildman–Crippen LogP) is 2.89. The lowest BCUT2D eigenvalue weighted by atomic mass is 10.00. The van der Waals surface area contributed by atoms with Gasteiger partial charge in [-0.2, -0.15) is 0 Å². The molecule has 0 saturated carbocycles. The molecule has 0 spiro atoms. The molecule has 2 aromatic carbocycles. The first-order valence-electron chi connectivity index (χ1n) is 15.2. The third-order valence-electron chi connectivity index (χ3n) is 7.77. The van der Waals surface area contributed by atoms with Crippen LogP contribution in [0.3, 0.4) is 0 Å². The number of hydrogen-bond donors (Lipinski definition) is 4. The molecule has 3 atom stereocenters. The number of likely N-dealkylation sites (tertiary alicyclic amines) is 1. The summed E-state index contributed by atoms with van der Waals surface area (Å²) in [6.07, 6.45) is 4.52. The van der Waals surface area contributed by atoms with Gasteiger partial charge in [-0.05, 0) is 60.1 Å². The Kier molecular flexibility index (Phi) is 11.6. The fourth-order valence-corrected chi connectivity index (χ4v) is 5.37. The molecule has 1 unspecified atom stereocenters. The largest absolute Gasteiger partial charge is 0.390 e. The van der Waals surface area contributed by atoms with Gasteiger partial charge >= 0.3 is 0 Å². The van der Waals surface area contributed by atoms with Crippen molar-refractivity contribution in [1.82, 2.24) is 31.0 Å². The van der Waals surface area contributed by atoms with Crippen LogP contribution in [0.5, 0.6) is 0 Å². The first kappa shape index (κ1) is 32.8. The summed E-state index contributed by atoms with van der Waals surface area (Å²) in [5, 5.41) is 19.1. The maximum absolute atomic E-state index is 13.5. The summed E-state index contributed by atoms with van der Waals surface area (Å²) in [5.41, 5.74) is 6.53. The number of hydrazine groups is 1. The molecule has 44 heavy (non-hydrogen) atoms. The molecular weight excluding hydrogens is 556 g/mol. The third-order valence-corrected chi connectivity index (χ3v) is 7.77. The van der Waals surface area contributed by atoms with Gasteiger partial charge < -0.3 is 20.6 Å². The van der Waals surface area contributed by atoms with E-state index in [1.807, 2.05) is 42.7 Å². The number of rotatable bonds is 13. The molecule has 0 radical (unpaired) electrons. The summed E-state index contributed by atoms with van der Waals surface area (Å²) in [4.78, 5) is 45.5. The second-order valence-electron chi connectivity index (χ2n) is 11.9. The number of carbonyl (C=O) groups is 3. The summed E-state index contributed by atoms with van der Waals surface area (Å²) in [6, 6.07) is 17.2. The number of aromatic nitrogens is 1. The molecule has 1 fully saturated rings. The van der Waals surface area contributed by atoms with Crippen LogP contribution in [0.25, 0.3) is 0 Å². The third kappa shape index (κ3) is 8.95. The molecule has 0 bridgehead atoms. The molecule has 1 aliphatic heterocycles. The highest BCUT2D eigenvalue weighted by atomic mass is 16.3. The second-order valence-corrected chi connectivity index (χ2v) is 11.9. The minimum Gasteiger partial charge on any atom is -0.390 e. The van der Waals surface area contributed by atoms with Crippen molar-refractivity contribution >= 4 is 17.7 Å². The van der Waals surface area contributed by atoms with E-state index < -0.39 is 24.1 Å². The zero-order valence-corrected chi connectivity index (χ0v) is 26.0. The van der Waals surface area contributed by atoms with Crippen LogP contribution in [0.4, 0.5) is 0 Å². The Morgan fingerprint density at radius 3 is 2.48 bits per heavy atom. The van der Waals surface area contributed by atoms with E-state index in [-0.39, 0.29) is 18.4 Å². The Bertz CT molecular complexity index is 1410. The summed E-state index contributed by atoms with van der Waals surface area (Å²) < 4.78 is 0. The molecule has 10 heteroatoms. The van der Waals surface area contributed by atoms with Crippen molar-refractivity contribution in [3.05, 3.63) is 101 Å². The Hall–Kier alpha value is -4.12. The van der Waals surface area contributed by atoms with Gasteiger partial charge in [-0.3, -0.25) is 24.8 Å². The highest BCUT2D eigenvalue weighted by molar-refractivity contribution is 6.01. The molecule has 3 aromatic rings. The Balaban J connectivity index is 1.44. The lowest BCUT2D eigenvalue weighted by molar-refractivity contribution is -0.128. The van der Waals surface area contributed by atoms with Crippen LogP contribution < -0.4 is 16.1 Å². The smallest absolute Gasteiger partial charge is 0.257 e. The molecule has 234 valence electrons. The number of aliphatic hydroxyl groups is 1. The topological polar surface area (TPSA) is 127 Å². The van der Waals surface area contributed by atoms with Gasteiger partial charge in [0.05, 0.1) is 12.1 Å². The lowest BCUT2D eigenvalue weighted by Gasteiger charge is -2.26. The van der Waals surface area contributed by atoms with Gasteiger partial charge in [-0.15, -0.1) is 0 Å².